The fraction of sp³-hybridized carbons (Fsp3) is 0.688. The van der Waals surface area contributed by atoms with E-state index in [1.54, 1.807) is 12.3 Å². The van der Waals surface area contributed by atoms with E-state index >= 15 is 0 Å². The molecule has 0 amide bonds. The monoisotopic (exact) mass is 342 g/mol. The number of piperidine rings is 1. The second kappa shape index (κ2) is 6.83. The SMILES string of the molecule is O=S(=O)(CC1CCOC1)N1CCC(F)(Cc2ccccn2)CC1. The van der Waals surface area contributed by atoms with Crippen molar-refractivity contribution in [3.8, 4) is 0 Å². The highest BCUT2D eigenvalue weighted by Crippen LogP contribution is 2.31. The number of sulfonamides is 1. The van der Waals surface area contributed by atoms with Gasteiger partial charge in [0.25, 0.3) is 0 Å². The summed E-state index contributed by atoms with van der Waals surface area (Å²) >= 11 is 0. The summed E-state index contributed by atoms with van der Waals surface area (Å²) < 4.78 is 46.5. The predicted octanol–water partition coefficient (Wildman–Crippen LogP) is 1.79. The summed E-state index contributed by atoms with van der Waals surface area (Å²) in [6.45, 7) is 1.65. The fourth-order valence-electron chi connectivity index (χ4n) is 3.29. The average Bonchev–Trinajstić information content (AvgIpc) is 3.00. The van der Waals surface area contributed by atoms with Crippen LogP contribution in [0.25, 0.3) is 0 Å². The van der Waals surface area contributed by atoms with E-state index in [9.17, 15) is 12.8 Å². The number of hydrogen-bond acceptors (Lipinski definition) is 4. The van der Waals surface area contributed by atoms with Gasteiger partial charge in [0.1, 0.15) is 5.67 Å². The molecule has 3 heterocycles. The molecule has 2 fully saturated rings. The van der Waals surface area contributed by atoms with Crippen molar-refractivity contribution in [3.05, 3.63) is 30.1 Å². The van der Waals surface area contributed by atoms with Gasteiger partial charge in [-0.1, -0.05) is 6.07 Å². The molecular weight excluding hydrogens is 319 g/mol. The molecule has 0 saturated carbocycles. The summed E-state index contributed by atoms with van der Waals surface area (Å²) in [7, 11) is -3.32. The van der Waals surface area contributed by atoms with Crippen LogP contribution in [0.3, 0.4) is 0 Å². The zero-order chi connectivity index (χ0) is 16.3. The van der Waals surface area contributed by atoms with Crippen LogP contribution >= 0.6 is 0 Å². The molecule has 7 heteroatoms. The van der Waals surface area contributed by atoms with E-state index < -0.39 is 15.7 Å². The molecule has 1 aromatic heterocycles. The van der Waals surface area contributed by atoms with Crippen LogP contribution in [0.2, 0.25) is 0 Å². The number of rotatable bonds is 5. The van der Waals surface area contributed by atoms with E-state index in [1.165, 1.54) is 4.31 Å². The lowest BCUT2D eigenvalue weighted by Gasteiger charge is -2.36. The van der Waals surface area contributed by atoms with Crippen molar-refractivity contribution >= 4 is 10.0 Å². The van der Waals surface area contributed by atoms with E-state index in [-0.39, 0.29) is 44.0 Å². The third kappa shape index (κ3) is 4.28. The second-order valence-electron chi connectivity index (χ2n) is 6.56. The first kappa shape index (κ1) is 16.8. The molecule has 1 atom stereocenters. The van der Waals surface area contributed by atoms with Crippen molar-refractivity contribution in [2.24, 2.45) is 5.92 Å². The van der Waals surface area contributed by atoms with Gasteiger partial charge in [-0.2, -0.15) is 0 Å². The number of pyridine rings is 1. The predicted molar refractivity (Wildman–Crippen MR) is 85.3 cm³/mol. The van der Waals surface area contributed by atoms with Crippen molar-refractivity contribution in [1.29, 1.82) is 0 Å². The van der Waals surface area contributed by atoms with Crippen LogP contribution in [0.4, 0.5) is 4.39 Å². The third-order valence-corrected chi connectivity index (χ3v) is 6.75. The second-order valence-corrected chi connectivity index (χ2v) is 8.57. The number of hydrogen-bond donors (Lipinski definition) is 0. The van der Waals surface area contributed by atoms with Crippen molar-refractivity contribution in [1.82, 2.24) is 9.29 Å². The van der Waals surface area contributed by atoms with Crippen molar-refractivity contribution in [3.63, 3.8) is 0 Å². The molecule has 0 aliphatic carbocycles. The normalized spacial score (nSPS) is 25.5. The van der Waals surface area contributed by atoms with Crippen LogP contribution in [0.5, 0.6) is 0 Å². The summed E-state index contributed by atoms with van der Waals surface area (Å²) in [6.07, 6.45) is 3.15. The smallest absolute Gasteiger partial charge is 0.214 e. The Bertz CT molecular complexity index is 609. The van der Waals surface area contributed by atoms with Crippen molar-refractivity contribution in [2.75, 3.05) is 32.1 Å². The Labute approximate surface area is 136 Å². The van der Waals surface area contributed by atoms with Gasteiger partial charge in [-0.3, -0.25) is 4.98 Å². The van der Waals surface area contributed by atoms with Crippen LogP contribution in [0.15, 0.2) is 24.4 Å². The lowest BCUT2D eigenvalue weighted by atomic mass is 9.89. The molecule has 1 unspecified atom stereocenters. The molecule has 23 heavy (non-hydrogen) atoms. The Hall–Kier alpha value is -1.05. The molecule has 2 aliphatic heterocycles. The van der Waals surface area contributed by atoms with E-state index in [4.69, 9.17) is 4.74 Å². The van der Waals surface area contributed by atoms with Gasteiger partial charge in [-0.25, -0.2) is 17.1 Å². The summed E-state index contributed by atoms with van der Waals surface area (Å²) in [4.78, 5) is 4.17. The molecule has 128 valence electrons. The summed E-state index contributed by atoms with van der Waals surface area (Å²) in [5.74, 6) is 0.192. The highest BCUT2D eigenvalue weighted by Gasteiger charge is 2.39. The maximum absolute atomic E-state index is 14.9. The number of nitrogens with zero attached hydrogens (tertiary/aromatic N) is 2. The Morgan fingerprint density at radius 1 is 1.35 bits per heavy atom. The standard InChI is InChI=1S/C16H23FN2O3S/c17-16(11-15-3-1-2-7-18-15)5-8-19(9-6-16)23(20,21)13-14-4-10-22-12-14/h1-3,7,14H,4-6,8-13H2. The number of ether oxygens (including phenoxy) is 1. The van der Waals surface area contributed by atoms with Crippen LogP contribution in [-0.4, -0.2) is 55.4 Å². The molecule has 0 aromatic carbocycles. The highest BCUT2D eigenvalue weighted by atomic mass is 32.2. The molecule has 5 nitrogen and oxygen atoms in total. The molecule has 0 N–H and O–H groups in total. The molecular formula is C16H23FN2O3S. The molecule has 2 saturated heterocycles. The van der Waals surface area contributed by atoms with Crippen LogP contribution in [0.1, 0.15) is 25.0 Å². The summed E-state index contributed by atoms with van der Waals surface area (Å²) in [5.41, 5.74) is -0.647. The van der Waals surface area contributed by atoms with Crippen LogP contribution < -0.4 is 0 Å². The van der Waals surface area contributed by atoms with Crippen LogP contribution in [0, 0.1) is 5.92 Å². The number of alkyl halides is 1. The minimum atomic E-state index is -3.32. The largest absolute Gasteiger partial charge is 0.381 e. The molecule has 0 bridgehead atoms. The lowest BCUT2D eigenvalue weighted by Crippen LogP contribution is -2.47. The summed E-state index contributed by atoms with van der Waals surface area (Å²) in [5, 5.41) is 0. The Morgan fingerprint density at radius 2 is 2.13 bits per heavy atom. The molecule has 1 aromatic rings. The van der Waals surface area contributed by atoms with Crippen molar-refractivity contribution in [2.45, 2.75) is 31.4 Å². The van der Waals surface area contributed by atoms with E-state index in [2.05, 4.69) is 4.98 Å². The van der Waals surface area contributed by atoms with Crippen molar-refractivity contribution < 1.29 is 17.5 Å². The molecule has 2 aliphatic rings. The first-order valence-corrected chi connectivity index (χ1v) is 9.72. The van der Waals surface area contributed by atoms with Gasteiger partial charge in [-0.05, 0) is 37.3 Å². The van der Waals surface area contributed by atoms with Crippen LogP contribution in [-0.2, 0) is 21.2 Å². The Kier molecular flexibility index (Phi) is 4.98. The average molecular weight is 342 g/mol. The van der Waals surface area contributed by atoms with Gasteiger partial charge in [0.05, 0.1) is 12.4 Å². The van der Waals surface area contributed by atoms with Gasteiger partial charge in [0, 0.05) is 38.0 Å². The van der Waals surface area contributed by atoms with Gasteiger partial charge >= 0.3 is 0 Å². The fourth-order valence-corrected chi connectivity index (χ4v) is 5.10. The molecule has 0 radical (unpaired) electrons. The highest BCUT2D eigenvalue weighted by molar-refractivity contribution is 7.89. The minimum Gasteiger partial charge on any atom is -0.381 e. The zero-order valence-electron chi connectivity index (χ0n) is 13.2. The van der Waals surface area contributed by atoms with E-state index in [0.717, 1.165) is 12.1 Å². The van der Waals surface area contributed by atoms with Gasteiger partial charge in [-0.15, -0.1) is 0 Å². The van der Waals surface area contributed by atoms with Gasteiger partial charge < -0.3 is 4.74 Å². The first-order valence-electron chi connectivity index (χ1n) is 8.11. The van der Waals surface area contributed by atoms with E-state index in [0.29, 0.717) is 13.2 Å². The zero-order valence-corrected chi connectivity index (χ0v) is 14.0. The molecule has 3 rings (SSSR count). The topological polar surface area (TPSA) is 59.5 Å². The number of halogens is 1. The maximum atomic E-state index is 14.9. The Morgan fingerprint density at radius 3 is 2.74 bits per heavy atom. The number of aromatic nitrogens is 1. The van der Waals surface area contributed by atoms with Gasteiger partial charge in [0.2, 0.25) is 10.0 Å². The Balaban J connectivity index is 1.56. The molecule has 0 spiro atoms. The van der Waals surface area contributed by atoms with Gasteiger partial charge in [0.15, 0.2) is 0 Å². The maximum Gasteiger partial charge on any atom is 0.214 e. The first-order chi connectivity index (χ1) is 11.0. The lowest BCUT2D eigenvalue weighted by molar-refractivity contribution is 0.0877. The summed E-state index contributed by atoms with van der Waals surface area (Å²) in [6, 6.07) is 5.45. The minimum absolute atomic E-state index is 0.0746. The van der Waals surface area contributed by atoms with E-state index in [1.807, 2.05) is 12.1 Å². The third-order valence-electron chi connectivity index (χ3n) is 4.71. The quantitative estimate of drug-likeness (QED) is 0.819.